The Morgan fingerprint density at radius 1 is 1.06 bits per heavy atom. The van der Waals surface area contributed by atoms with Gasteiger partial charge in [-0.25, -0.2) is 0 Å². The number of allylic oxidation sites excluding steroid dienone is 2. The first kappa shape index (κ1) is 15.4. The lowest BCUT2D eigenvalue weighted by Gasteiger charge is -2.27. The lowest BCUT2D eigenvalue weighted by molar-refractivity contribution is -0.149. The quantitative estimate of drug-likeness (QED) is 0.455. The van der Waals surface area contributed by atoms with Gasteiger partial charge in [0, 0.05) is 6.42 Å². The summed E-state index contributed by atoms with van der Waals surface area (Å²) in [5, 5.41) is 17.8. The third kappa shape index (κ3) is 5.33. The topological polar surface area (TPSA) is 74.6 Å². The Kier molecular flexibility index (Phi) is 6.94. The highest BCUT2D eigenvalue weighted by Crippen LogP contribution is 2.34. The zero-order chi connectivity index (χ0) is 13.3. The van der Waals surface area contributed by atoms with Gasteiger partial charge in [-0.05, 0) is 25.7 Å². The molecule has 0 aromatic rings. The SMILES string of the molecule is C=CCC(CC=C)(CCCCC(=O)O)C(=O)O. The van der Waals surface area contributed by atoms with E-state index in [1.54, 1.807) is 12.2 Å². The highest BCUT2D eigenvalue weighted by molar-refractivity contribution is 5.75. The minimum atomic E-state index is -0.873. The fourth-order valence-corrected chi connectivity index (χ4v) is 1.86. The molecule has 4 heteroatoms. The minimum absolute atomic E-state index is 0.0812. The molecule has 0 unspecified atom stereocenters. The molecule has 0 spiro atoms. The molecule has 0 aromatic carbocycles. The Labute approximate surface area is 102 Å². The molecule has 17 heavy (non-hydrogen) atoms. The summed E-state index contributed by atoms with van der Waals surface area (Å²) in [5.74, 6) is -1.72. The van der Waals surface area contributed by atoms with Crippen LogP contribution >= 0.6 is 0 Å². The number of carboxylic acids is 2. The lowest BCUT2D eigenvalue weighted by atomic mass is 9.76. The van der Waals surface area contributed by atoms with E-state index in [0.29, 0.717) is 32.1 Å². The molecular weight excluding hydrogens is 220 g/mol. The molecule has 0 aromatic heterocycles. The summed E-state index contributed by atoms with van der Waals surface area (Å²) in [6.45, 7) is 7.15. The maximum absolute atomic E-state index is 11.3. The molecule has 0 bridgehead atoms. The Morgan fingerprint density at radius 2 is 1.59 bits per heavy atom. The average molecular weight is 240 g/mol. The van der Waals surface area contributed by atoms with E-state index in [1.807, 2.05) is 0 Å². The Hall–Kier alpha value is -1.58. The summed E-state index contributed by atoms with van der Waals surface area (Å²) in [7, 11) is 0. The molecule has 4 nitrogen and oxygen atoms in total. The van der Waals surface area contributed by atoms with Crippen molar-refractivity contribution in [1.82, 2.24) is 0 Å². The Balaban J connectivity index is 4.45. The maximum Gasteiger partial charge on any atom is 0.310 e. The summed E-state index contributed by atoms with van der Waals surface area (Å²) in [5.41, 5.74) is -0.873. The molecule has 0 saturated heterocycles. The first-order chi connectivity index (χ1) is 7.98. The van der Waals surface area contributed by atoms with Crippen molar-refractivity contribution < 1.29 is 19.8 Å². The Morgan fingerprint density at radius 3 is 1.94 bits per heavy atom. The molecule has 0 saturated carbocycles. The van der Waals surface area contributed by atoms with Crippen LogP contribution in [0.4, 0.5) is 0 Å². The normalized spacial score (nSPS) is 10.8. The van der Waals surface area contributed by atoms with Crippen LogP contribution in [-0.4, -0.2) is 22.2 Å². The molecule has 0 radical (unpaired) electrons. The van der Waals surface area contributed by atoms with Gasteiger partial charge >= 0.3 is 11.9 Å². The van der Waals surface area contributed by atoms with E-state index in [0.717, 1.165) is 0 Å². The molecule has 0 aliphatic carbocycles. The van der Waals surface area contributed by atoms with Gasteiger partial charge in [-0.2, -0.15) is 0 Å². The van der Waals surface area contributed by atoms with Crippen LogP contribution in [0.1, 0.15) is 38.5 Å². The van der Waals surface area contributed by atoms with E-state index in [9.17, 15) is 14.7 Å². The fraction of sp³-hybridized carbons (Fsp3) is 0.538. The van der Waals surface area contributed by atoms with Crippen molar-refractivity contribution in [3.05, 3.63) is 25.3 Å². The number of carboxylic acid groups (broad SMARTS) is 2. The number of carbonyl (C=O) groups is 2. The van der Waals surface area contributed by atoms with Crippen LogP contribution in [0.25, 0.3) is 0 Å². The predicted octanol–water partition coefficient (Wildman–Crippen LogP) is 2.85. The fourth-order valence-electron chi connectivity index (χ4n) is 1.86. The second-order valence-corrected chi connectivity index (χ2v) is 4.17. The molecular formula is C13H20O4. The van der Waals surface area contributed by atoms with E-state index < -0.39 is 17.4 Å². The van der Waals surface area contributed by atoms with Gasteiger partial charge in [0.1, 0.15) is 0 Å². The molecule has 0 atom stereocenters. The van der Waals surface area contributed by atoms with Crippen molar-refractivity contribution >= 4 is 11.9 Å². The van der Waals surface area contributed by atoms with Crippen LogP contribution < -0.4 is 0 Å². The summed E-state index contributed by atoms with van der Waals surface area (Å²) >= 11 is 0. The van der Waals surface area contributed by atoms with E-state index in [4.69, 9.17) is 5.11 Å². The first-order valence-corrected chi connectivity index (χ1v) is 5.65. The van der Waals surface area contributed by atoms with Crippen LogP contribution in [0.3, 0.4) is 0 Å². The van der Waals surface area contributed by atoms with Gasteiger partial charge in [0.25, 0.3) is 0 Å². The van der Waals surface area contributed by atoms with Crippen molar-refractivity contribution in [2.75, 3.05) is 0 Å². The first-order valence-electron chi connectivity index (χ1n) is 5.65. The van der Waals surface area contributed by atoms with Crippen LogP contribution in [0, 0.1) is 5.41 Å². The van der Waals surface area contributed by atoms with Crippen LogP contribution in [-0.2, 0) is 9.59 Å². The van der Waals surface area contributed by atoms with Crippen molar-refractivity contribution in [3.8, 4) is 0 Å². The Bertz CT molecular complexity index is 284. The summed E-state index contributed by atoms with van der Waals surface area (Å²) < 4.78 is 0. The second kappa shape index (κ2) is 7.65. The lowest BCUT2D eigenvalue weighted by Crippen LogP contribution is -2.30. The molecule has 0 fully saturated rings. The van der Waals surface area contributed by atoms with E-state index in [2.05, 4.69) is 13.2 Å². The number of aliphatic carboxylic acids is 2. The van der Waals surface area contributed by atoms with E-state index >= 15 is 0 Å². The zero-order valence-electron chi connectivity index (χ0n) is 10.0. The summed E-state index contributed by atoms with van der Waals surface area (Å²) in [4.78, 5) is 21.7. The van der Waals surface area contributed by atoms with Crippen molar-refractivity contribution in [2.24, 2.45) is 5.41 Å². The van der Waals surface area contributed by atoms with Gasteiger partial charge in [0.2, 0.25) is 0 Å². The number of hydrogen-bond acceptors (Lipinski definition) is 2. The average Bonchev–Trinajstić information content (AvgIpc) is 2.24. The molecule has 2 N–H and O–H groups in total. The third-order valence-corrected chi connectivity index (χ3v) is 2.82. The van der Waals surface area contributed by atoms with Crippen LogP contribution in [0.15, 0.2) is 25.3 Å². The zero-order valence-corrected chi connectivity index (χ0v) is 10.0. The van der Waals surface area contributed by atoms with Crippen LogP contribution in [0.5, 0.6) is 0 Å². The largest absolute Gasteiger partial charge is 0.481 e. The molecule has 96 valence electrons. The number of unbranched alkanes of at least 4 members (excludes halogenated alkanes) is 1. The number of hydrogen-bond donors (Lipinski definition) is 2. The summed E-state index contributed by atoms with van der Waals surface area (Å²) in [6, 6.07) is 0. The highest BCUT2D eigenvalue weighted by atomic mass is 16.4. The van der Waals surface area contributed by atoms with Crippen molar-refractivity contribution in [3.63, 3.8) is 0 Å². The monoisotopic (exact) mass is 240 g/mol. The molecule has 0 amide bonds. The standard InChI is InChI=1S/C13H20O4/c1-3-8-13(9-4-2,12(16)17)10-6-5-7-11(14)15/h3-4H,1-2,5-10H2,(H,14,15)(H,16,17). The maximum atomic E-state index is 11.3. The van der Waals surface area contributed by atoms with Gasteiger partial charge in [-0.15, -0.1) is 13.2 Å². The predicted molar refractivity (Wildman–Crippen MR) is 65.8 cm³/mol. The second-order valence-electron chi connectivity index (χ2n) is 4.17. The number of rotatable bonds is 10. The molecule has 0 rings (SSSR count). The van der Waals surface area contributed by atoms with Crippen molar-refractivity contribution in [1.29, 1.82) is 0 Å². The van der Waals surface area contributed by atoms with Gasteiger partial charge in [0.15, 0.2) is 0 Å². The molecule has 0 heterocycles. The van der Waals surface area contributed by atoms with Crippen LogP contribution in [0.2, 0.25) is 0 Å². The third-order valence-electron chi connectivity index (χ3n) is 2.82. The summed E-state index contributed by atoms with van der Waals surface area (Å²) in [6.07, 6.45) is 5.55. The van der Waals surface area contributed by atoms with Gasteiger partial charge in [-0.3, -0.25) is 9.59 Å². The van der Waals surface area contributed by atoms with Gasteiger partial charge in [-0.1, -0.05) is 18.6 Å². The van der Waals surface area contributed by atoms with E-state index in [1.165, 1.54) is 0 Å². The van der Waals surface area contributed by atoms with E-state index in [-0.39, 0.29) is 6.42 Å². The van der Waals surface area contributed by atoms with Gasteiger partial charge < -0.3 is 10.2 Å². The smallest absolute Gasteiger partial charge is 0.310 e. The highest BCUT2D eigenvalue weighted by Gasteiger charge is 2.35. The molecule has 0 aliphatic rings. The van der Waals surface area contributed by atoms with Crippen molar-refractivity contribution in [2.45, 2.75) is 38.5 Å². The minimum Gasteiger partial charge on any atom is -0.481 e. The van der Waals surface area contributed by atoms with Gasteiger partial charge in [0.05, 0.1) is 5.41 Å². The molecule has 0 aliphatic heterocycles.